The number of aryl methyl sites for hydroxylation is 1. The number of nitrogens with zero attached hydrogens (tertiary/aromatic N) is 5. The number of benzene rings is 2. The fraction of sp³-hybridized carbons (Fsp3) is 0.320. The number of alkyl halides is 3. The van der Waals surface area contributed by atoms with Crippen LogP contribution in [-0.4, -0.2) is 48.5 Å². The monoisotopic (exact) mass is 548 g/mol. The molecule has 0 saturated carbocycles. The quantitative estimate of drug-likeness (QED) is 0.331. The van der Waals surface area contributed by atoms with Gasteiger partial charge in [0, 0.05) is 30.4 Å². The van der Waals surface area contributed by atoms with Crippen LogP contribution in [-0.2, 0) is 6.54 Å². The maximum absolute atomic E-state index is 12.6. The number of hydrogen-bond acceptors (Lipinski definition) is 7. The first-order valence-corrected chi connectivity index (χ1v) is 12.1. The molecule has 0 bridgehead atoms. The predicted molar refractivity (Wildman–Crippen MR) is 133 cm³/mol. The molecule has 5 rings (SSSR count). The standard InChI is InChI=1S/C25H24ClF3N6O3/c1-24(36)9-10-35-22(18(12-24)15-3-6-17(7-4-15)38-25(27,28)29)32-23(33-35)31-16-5-8-19(20(11-16)37-2)34-13-21(26)30-14-34/h3-8,11,13-14,18,36H,9-10,12H2,1-2H3,(H,31,33)/t18?,24-/m1/s1. The first kappa shape index (κ1) is 25.9. The number of ether oxygens (including phenoxy) is 2. The van der Waals surface area contributed by atoms with Crippen molar-refractivity contribution in [3.05, 3.63) is 71.5 Å². The molecule has 38 heavy (non-hydrogen) atoms. The zero-order valence-electron chi connectivity index (χ0n) is 20.4. The first-order valence-electron chi connectivity index (χ1n) is 11.7. The maximum atomic E-state index is 12.6. The number of aromatic nitrogens is 5. The van der Waals surface area contributed by atoms with Gasteiger partial charge in [-0.05, 0) is 49.6 Å². The van der Waals surface area contributed by atoms with Gasteiger partial charge >= 0.3 is 6.36 Å². The molecule has 3 heterocycles. The SMILES string of the molecule is COc1cc(Nc2nc3n(n2)CC[C@@](C)(O)CC3c2ccc(OC(F)(F)F)cc2)ccc1-n1cnc(Cl)c1. The predicted octanol–water partition coefficient (Wildman–Crippen LogP) is 5.44. The summed E-state index contributed by atoms with van der Waals surface area (Å²) in [6.07, 6.45) is -0.776. The molecule has 13 heteroatoms. The Hall–Kier alpha value is -3.77. The lowest BCUT2D eigenvalue weighted by Crippen LogP contribution is -2.26. The van der Waals surface area contributed by atoms with Gasteiger partial charge in [0.25, 0.3) is 0 Å². The molecule has 200 valence electrons. The number of anilines is 2. The van der Waals surface area contributed by atoms with E-state index in [4.69, 9.17) is 21.3 Å². The number of imidazole rings is 1. The summed E-state index contributed by atoms with van der Waals surface area (Å²) < 4.78 is 50.7. The van der Waals surface area contributed by atoms with Crippen LogP contribution < -0.4 is 14.8 Å². The molecule has 4 aromatic rings. The summed E-state index contributed by atoms with van der Waals surface area (Å²) in [7, 11) is 1.56. The number of nitrogens with one attached hydrogen (secondary N) is 1. The van der Waals surface area contributed by atoms with Gasteiger partial charge in [-0.25, -0.2) is 9.67 Å². The van der Waals surface area contributed by atoms with Crippen molar-refractivity contribution in [2.75, 3.05) is 12.4 Å². The molecule has 0 fully saturated rings. The van der Waals surface area contributed by atoms with E-state index in [1.54, 1.807) is 54.0 Å². The number of rotatable bonds is 6. The van der Waals surface area contributed by atoms with Crippen molar-refractivity contribution in [3.63, 3.8) is 0 Å². The van der Waals surface area contributed by atoms with Gasteiger partial charge in [0.05, 0.1) is 18.4 Å². The molecular formula is C25H24ClF3N6O3. The summed E-state index contributed by atoms with van der Waals surface area (Å²) >= 11 is 5.94. The lowest BCUT2D eigenvalue weighted by Gasteiger charge is -2.24. The van der Waals surface area contributed by atoms with Gasteiger partial charge in [-0.15, -0.1) is 18.3 Å². The Kier molecular flexibility index (Phi) is 6.70. The number of methoxy groups -OCH3 is 1. The third kappa shape index (κ3) is 5.70. The lowest BCUT2D eigenvalue weighted by atomic mass is 9.86. The molecular weight excluding hydrogens is 525 g/mol. The minimum absolute atomic E-state index is 0.319. The van der Waals surface area contributed by atoms with Gasteiger partial charge in [-0.1, -0.05) is 23.7 Å². The van der Waals surface area contributed by atoms with Crippen LogP contribution in [0.3, 0.4) is 0 Å². The molecule has 0 spiro atoms. The third-order valence-corrected chi connectivity index (χ3v) is 6.49. The second-order valence-electron chi connectivity index (χ2n) is 9.25. The Morgan fingerprint density at radius 3 is 2.61 bits per heavy atom. The smallest absolute Gasteiger partial charge is 0.494 e. The highest BCUT2D eigenvalue weighted by Crippen LogP contribution is 2.38. The van der Waals surface area contributed by atoms with E-state index in [2.05, 4.69) is 20.1 Å². The van der Waals surface area contributed by atoms with Crippen LogP contribution in [0.4, 0.5) is 24.8 Å². The molecule has 0 aliphatic carbocycles. The van der Waals surface area contributed by atoms with Crippen LogP contribution in [0.2, 0.25) is 5.15 Å². The molecule has 0 saturated heterocycles. The fourth-order valence-electron chi connectivity index (χ4n) is 4.51. The van der Waals surface area contributed by atoms with E-state index in [9.17, 15) is 18.3 Å². The number of hydrogen-bond donors (Lipinski definition) is 2. The van der Waals surface area contributed by atoms with Crippen molar-refractivity contribution in [1.29, 1.82) is 0 Å². The average Bonchev–Trinajstić information content (AvgIpc) is 3.44. The molecule has 1 aliphatic heterocycles. The molecule has 2 aromatic heterocycles. The van der Waals surface area contributed by atoms with E-state index in [1.807, 2.05) is 12.1 Å². The Morgan fingerprint density at radius 1 is 1.18 bits per heavy atom. The largest absolute Gasteiger partial charge is 0.573 e. The topological polar surface area (TPSA) is 99.3 Å². The Balaban J connectivity index is 1.43. The van der Waals surface area contributed by atoms with E-state index < -0.39 is 17.9 Å². The van der Waals surface area contributed by atoms with Crippen LogP contribution in [0.5, 0.6) is 11.5 Å². The fourth-order valence-corrected chi connectivity index (χ4v) is 4.66. The van der Waals surface area contributed by atoms with Crippen molar-refractivity contribution in [3.8, 4) is 17.2 Å². The second kappa shape index (κ2) is 9.84. The minimum atomic E-state index is -4.78. The van der Waals surface area contributed by atoms with Crippen molar-refractivity contribution < 1.29 is 27.8 Å². The summed E-state index contributed by atoms with van der Waals surface area (Å²) in [6.45, 7) is 2.15. The zero-order chi connectivity index (χ0) is 27.1. The maximum Gasteiger partial charge on any atom is 0.573 e. The van der Waals surface area contributed by atoms with E-state index in [0.717, 1.165) is 5.69 Å². The molecule has 1 unspecified atom stereocenters. The van der Waals surface area contributed by atoms with Gasteiger partial charge in [0.2, 0.25) is 5.95 Å². The van der Waals surface area contributed by atoms with Gasteiger partial charge in [-0.2, -0.15) is 4.98 Å². The molecule has 2 atom stereocenters. The van der Waals surface area contributed by atoms with Gasteiger partial charge < -0.3 is 24.5 Å². The average molecular weight is 549 g/mol. The van der Waals surface area contributed by atoms with Crippen LogP contribution in [0.25, 0.3) is 5.69 Å². The number of aliphatic hydroxyl groups is 1. The number of halogens is 4. The van der Waals surface area contributed by atoms with Crippen LogP contribution in [0.15, 0.2) is 55.0 Å². The molecule has 9 nitrogen and oxygen atoms in total. The Morgan fingerprint density at radius 2 is 1.95 bits per heavy atom. The molecule has 1 aliphatic rings. The van der Waals surface area contributed by atoms with E-state index >= 15 is 0 Å². The normalized spacial score (nSPS) is 19.5. The van der Waals surface area contributed by atoms with Crippen molar-refractivity contribution in [1.82, 2.24) is 24.3 Å². The minimum Gasteiger partial charge on any atom is -0.494 e. The molecule has 0 amide bonds. The van der Waals surface area contributed by atoms with Gasteiger partial charge in [0.1, 0.15) is 28.8 Å². The Labute approximate surface area is 220 Å². The lowest BCUT2D eigenvalue weighted by molar-refractivity contribution is -0.274. The third-order valence-electron chi connectivity index (χ3n) is 6.30. The summed E-state index contributed by atoms with van der Waals surface area (Å²) in [6, 6.07) is 11.1. The molecule has 0 radical (unpaired) electrons. The summed E-state index contributed by atoms with van der Waals surface area (Å²) in [5.74, 6) is 0.773. The van der Waals surface area contributed by atoms with Crippen LogP contribution in [0, 0.1) is 0 Å². The summed E-state index contributed by atoms with van der Waals surface area (Å²) in [5.41, 5.74) is 1.09. The Bertz CT molecular complexity index is 1440. The first-order chi connectivity index (χ1) is 18.0. The molecule has 2 N–H and O–H groups in total. The highest BCUT2D eigenvalue weighted by atomic mass is 35.5. The van der Waals surface area contributed by atoms with Crippen molar-refractivity contribution in [2.45, 2.75) is 44.2 Å². The number of fused-ring (bicyclic) bond motifs is 1. The van der Waals surface area contributed by atoms with Gasteiger partial charge in [0.15, 0.2) is 0 Å². The van der Waals surface area contributed by atoms with Crippen molar-refractivity contribution in [2.24, 2.45) is 0 Å². The van der Waals surface area contributed by atoms with Gasteiger partial charge in [-0.3, -0.25) is 0 Å². The second-order valence-corrected chi connectivity index (χ2v) is 9.64. The van der Waals surface area contributed by atoms with E-state index in [-0.39, 0.29) is 5.75 Å². The van der Waals surface area contributed by atoms with E-state index in [0.29, 0.717) is 53.3 Å². The van der Waals surface area contributed by atoms with Crippen LogP contribution in [0.1, 0.15) is 37.1 Å². The highest BCUT2D eigenvalue weighted by molar-refractivity contribution is 6.29. The highest BCUT2D eigenvalue weighted by Gasteiger charge is 2.35. The van der Waals surface area contributed by atoms with Crippen LogP contribution >= 0.6 is 11.6 Å². The van der Waals surface area contributed by atoms with Crippen molar-refractivity contribution >= 4 is 23.2 Å². The summed E-state index contributed by atoms with van der Waals surface area (Å²) in [4.78, 5) is 8.72. The summed E-state index contributed by atoms with van der Waals surface area (Å²) in [5, 5.41) is 19.0. The zero-order valence-corrected chi connectivity index (χ0v) is 21.2. The van der Waals surface area contributed by atoms with E-state index in [1.165, 1.54) is 12.1 Å². The molecule has 2 aromatic carbocycles.